The van der Waals surface area contributed by atoms with Crippen LogP contribution < -0.4 is 10.9 Å². The first-order chi connectivity index (χ1) is 9.51. The Labute approximate surface area is 125 Å². The molecule has 0 radical (unpaired) electrons. The van der Waals surface area contributed by atoms with Gasteiger partial charge in [-0.05, 0) is 35.9 Å². The largest absolute Gasteiger partial charge is 0.468 e. The summed E-state index contributed by atoms with van der Waals surface area (Å²) in [5, 5.41) is 7.28. The van der Waals surface area contributed by atoms with Crippen LogP contribution in [-0.2, 0) is 16.1 Å². The van der Waals surface area contributed by atoms with Crippen LogP contribution in [0, 0.1) is 0 Å². The molecule has 1 saturated heterocycles. The van der Waals surface area contributed by atoms with Gasteiger partial charge in [0.1, 0.15) is 11.0 Å². The fourth-order valence-corrected chi connectivity index (χ4v) is 2.56. The van der Waals surface area contributed by atoms with Gasteiger partial charge >= 0.3 is 5.97 Å². The highest BCUT2D eigenvalue weighted by atomic mass is 79.9. The first kappa shape index (κ1) is 15.0. The number of anilines is 1. The minimum Gasteiger partial charge on any atom is -0.468 e. The molecule has 1 aromatic rings. The molecule has 0 bridgehead atoms. The minimum absolute atomic E-state index is 0.194. The fourth-order valence-electron chi connectivity index (χ4n) is 2.14. The van der Waals surface area contributed by atoms with Gasteiger partial charge in [-0.3, -0.25) is 9.59 Å². The Bertz CT molecular complexity index is 560. The molecule has 1 atom stereocenters. The van der Waals surface area contributed by atoms with Gasteiger partial charge in [-0.2, -0.15) is 5.10 Å². The number of methoxy groups -OCH3 is 1. The zero-order valence-electron chi connectivity index (χ0n) is 11.4. The Morgan fingerprint density at radius 2 is 2.40 bits per heavy atom. The molecule has 1 aliphatic heterocycles. The van der Waals surface area contributed by atoms with Gasteiger partial charge in [0.05, 0.1) is 19.0 Å². The van der Waals surface area contributed by atoms with Gasteiger partial charge in [0, 0.05) is 12.6 Å². The van der Waals surface area contributed by atoms with Gasteiger partial charge in [0.2, 0.25) is 0 Å². The van der Waals surface area contributed by atoms with Gasteiger partial charge in [-0.15, -0.1) is 0 Å². The first-order valence-corrected chi connectivity index (χ1v) is 7.08. The summed E-state index contributed by atoms with van der Waals surface area (Å²) in [7, 11) is 3.33. The number of likely N-dealkylation sites (tertiary alicyclic amines) is 1. The quantitative estimate of drug-likeness (QED) is 0.791. The van der Waals surface area contributed by atoms with Crippen molar-refractivity contribution in [3.8, 4) is 0 Å². The number of likely N-dealkylation sites (N-methyl/N-ethyl adjacent to an activating group) is 1. The fraction of sp³-hybridized carbons (Fsp3) is 0.583. The van der Waals surface area contributed by atoms with Crippen molar-refractivity contribution in [1.29, 1.82) is 0 Å². The lowest BCUT2D eigenvalue weighted by atomic mass is 10.2. The summed E-state index contributed by atoms with van der Waals surface area (Å²) in [6, 6.07) is 0.300. The molecule has 7 nitrogen and oxygen atoms in total. The topological polar surface area (TPSA) is 76.5 Å². The summed E-state index contributed by atoms with van der Waals surface area (Å²) in [5.74, 6) is -0.510. The molecule has 8 heteroatoms. The van der Waals surface area contributed by atoms with E-state index in [1.54, 1.807) is 6.20 Å². The molecule has 1 unspecified atom stereocenters. The molecular weight excluding hydrogens is 328 g/mol. The maximum atomic E-state index is 12.1. The maximum Gasteiger partial charge on any atom is 0.327 e. The molecule has 0 aromatic carbocycles. The predicted octanol–water partition coefficient (Wildman–Crippen LogP) is 0.295. The number of halogens is 1. The van der Waals surface area contributed by atoms with Crippen molar-refractivity contribution in [2.24, 2.45) is 0 Å². The van der Waals surface area contributed by atoms with Crippen LogP contribution in [0.15, 0.2) is 15.5 Å². The second-order valence-corrected chi connectivity index (χ2v) is 5.60. The molecule has 0 amide bonds. The molecule has 2 heterocycles. The number of carbonyl (C=O) groups is 1. The van der Waals surface area contributed by atoms with E-state index < -0.39 is 5.97 Å². The summed E-state index contributed by atoms with van der Waals surface area (Å²) >= 11 is 3.26. The number of rotatable bonds is 4. The number of ether oxygens (including phenoxy) is 1. The van der Waals surface area contributed by atoms with Crippen LogP contribution in [0.4, 0.5) is 5.69 Å². The van der Waals surface area contributed by atoms with E-state index in [4.69, 9.17) is 0 Å². The van der Waals surface area contributed by atoms with Crippen LogP contribution in [0.1, 0.15) is 6.42 Å². The van der Waals surface area contributed by atoms with Crippen molar-refractivity contribution < 1.29 is 9.53 Å². The van der Waals surface area contributed by atoms with Crippen LogP contribution in [0.5, 0.6) is 0 Å². The predicted molar refractivity (Wildman–Crippen MR) is 77.7 cm³/mol. The van der Waals surface area contributed by atoms with Gasteiger partial charge < -0.3 is 15.0 Å². The third-order valence-electron chi connectivity index (χ3n) is 3.24. The first-order valence-electron chi connectivity index (χ1n) is 6.28. The Morgan fingerprint density at radius 1 is 1.65 bits per heavy atom. The van der Waals surface area contributed by atoms with E-state index in [2.05, 4.69) is 43.0 Å². The highest BCUT2D eigenvalue weighted by Crippen LogP contribution is 2.20. The Kier molecular flexibility index (Phi) is 4.77. The average molecular weight is 345 g/mol. The van der Waals surface area contributed by atoms with Crippen molar-refractivity contribution in [3.63, 3.8) is 0 Å². The zero-order chi connectivity index (χ0) is 14.7. The molecule has 2 rings (SSSR count). The second kappa shape index (κ2) is 6.36. The Morgan fingerprint density at radius 3 is 3.00 bits per heavy atom. The molecule has 0 saturated carbocycles. The molecule has 0 spiro atoms. The van der Waals surface area contributed by atoms with Crippen LogP contribution >= 0.6 is 15.9 Å². The van der Waals surface area contributed by atoms with Gasteiger partial charge in [-0.25, -0.2) is 4.68 Å². The third kappa shape index (κ3) is 3.37. The monoisotopic (exact) mass is 344 g/mol. The van der Waals surface area contributed by atoms with Crippen molar-refractivity contribution in [3.05, 3.63) is 21.0 Å². The SMILES string of the molecule is COC(=O)Cn1ncc(NC2CCN(C)C2)c(Br)c1=O. The summed E-state index contributed by atoms with van der Waals surface area (Å²) in [4.78, 5) is 25.5. The van der Waals surface area contributed by atoms with Gasteiger partial charge in [0.15, 0.2) is 0 Å². The summed E-state index contributed by atoms with van der Waals surface area (Å²) in [6.07, 6.45) is 2.57. The Hall–Kier alpha value is -1.41. The standard InChI is InChI=1S/C12H17BrN4O3/c1-16-4-3-8(6-16)15-9-5-14-17(7-10(18)20-2)12(19)11(9)13/h5,8,15H,3-4,6-7H2,1-2H3. The van der Waals surface area contributed by atoms with E-state index in [1.165, 1.54) is 7.11 Å². The molecule has 0 aliphatic carbocycles. The normalized spacial score (nSPS) is 19.1. The van der Waals surface area contributed by atoms with Crippen LogP contribution in [0.3, 0.4) is 0 Å². The van der Waals surface area contributed by atoms with E-state index in [9.17, 15) is 9.59 Å². The highest BCUT2D eigenvalue weighted by Gasteiger charge is 2.21. The van der Waals surface area contributed by atoms with Gasteiger partial charge in [0.25, 0.3) is 5.56 Å². The number of hydrogen-bond donors (Lipinski definition) is 1. The van der Waals surface area contributed by atoms with E-state index >= 15 is 0 Å². The van der Waals surface area contributed by atoms with E-state index in [-0.39, 0.29) is 12.1 Å². The minimum atomic E-state index is -0.510. The lowest BCUT2D eigenvalue weighted by molar-refractivity contribution is -0.141. The maximum absolute atomic E-state index is 12.1. The van der Waals surface area contributed by atoms with Crippen LogP contribution in [-0.4, -0.2) is 53.9 Å². The molecule has 1 aromatic heterocycles. The lowest BCUT2D eigenvalue weighted by Gasteiger charge is -2.15. The summed E-state index contributed by atoms with van der Waals surface area (Å²) in [6.45, 7) is 1.76. The summed E-state index contributed by atoms with van der Waals surface area (Å²) < 4.78 is 5.98. The lowest BCUT2D eigenvalue weighted by Crippen LogP contribution is -2.30. The number of hydrogen-bond acceptors (Lipinski definition) is 6. The van der Waals surface area contributed by atoms with E-state index in [0.717, 1.165) is 24.2 Å². The van der Waals surface area contributed by atoms with Crippen molar-refractivity contribution in [2.75, 3.05) is 32.6 Å². The van der Waals surface area contributed by atoms with E-state index in [1.807, 2.05) is 0 Å². The second-order valence-electron chi connectivity index (χ2n) is 4.80. The highest BCUT2D eigenvalue weighted by molar-refractivity contribution is 9.10. The number of carbonyl (C=O) groups excluding carboxylic acids is 1. The molecular formula is C12H17BrN4O3. The molecule has 20 heavy (non-hydrogen) atoms. The smallest absolute Gasteiger partial charge is 0.327 e. The van der Waals surface area contributed by atoms with Crippen molar-refractivity contribution in [2.45, 2.75) is 19.0 Å². The third-order valence-corrected chi connectivity index (χ3v) is 4.01. The zero-order valence-corrected chi connectivity index (χ0v) is 13.0. The van der Waals surface area contributed by atoms with Crippen LogP contribution in [0.25, 0.3) is 0 Å². The Balaban J connectivity index is 2.14. The van der Waals surface area contributed by atoms with Crippen molar-refractivity contribution >= 4 is 27.6 Å². The molecule has 1 fully saturated rings. The molecule has 1 N–H and O–H groups in total. The average Bonchev–Trinajstić information content (AvgIpc) is 2.83. The summed E-state index contributed by atoms with van der Waals surface area (Å²) in [5.41, 5.74) is 0.295. The van der Waals surface area contributed by atoms with E-state index in [0.29, 0.717) is 16.2 Å². The van der Waals surface area contributed by atoms with Gasteiger partial charge in [-0.1, -0.05) is 0 Å². The van der Waals surface area contributed by atoms with Crippen LogP contribution in [0.2, 0.25) is 0 Å². The van der Waals surface area contributed by atoms with Crippen molar-refractivity contribution in [1.82, 2.24) is 14.7 Å². The number of nitrogens with one attached hydrogen (secondary N) is 1. The molecule has 1 aliphatic rings. The number of aromatic nitrogens is 2. The number of nitrogens with zero attached hydrogens (tertiary/aromatic N) is 3. The molecule has 110 valence electrons. The number of esters is 1.